The summed E-state index contributed by atoms with van der Waals surface area (Å²) < 4.78 is 12.4. The number of fused-ring (bicyclic) bond motifs is 2. The molecule has 0 saturated heterocycles. The van der Waals surface area contributed by atoms with E-state index in [0.29, 0.717) is 34.3 Å². The summed E-state index contributed by atoms with van der Waals surface area (Å²) in [5, 5.41) is 2.41. The molecule has 2 aromatic heterocycles. The second kappa shape index (κ2) is 8.58. The molecule has 0 bridgehead atoms. The first-order valence-corrected chi connectivity index (χ1v) is 12.0. The molecule has 2 aliphatic rings. The lowest BCUT2D eigenvalue weighted by Crippen LogP contribution is -2.48. The zero-order valence-corrected chi connectivity index (χ0v) is 19.1. The van der Waals surface area contributed by atoms with Crippen molar-refractivity contribution in [3.05, 3.63) is 51.9 Å². The summed E-state index contributed by atoms with van der Waals surface area (Å²) in [6, 6.07) is 7.73. The number of amides is 1. The van der Waals surface area contributed by atoms with Gasteiger partial charge < -0.3 is 14.4 Å². The van der Waals surface area contributed by atoms with Crippen LogP contribution in [0, 0.1) is 11.8 Å². The van der Waals surface area contributed by atoms with Crippen LogP contribution in [-0.2, 0) is 17.9 Å². The normalized spacial score (nSPS) is 22.2. The Labute approximate surface area is 190 Å². The molecule has 1 aromatic carbocycles. The molecular formula is C24H27N3O4S. The molecule has 8 heteroatoms. The molecule has 0 N–H and O–H groups in total. The number of nitrogens with zero attached hydrogens (tertiary/aromatic N) is 3. The standard InChI is InChI=1S/C24H27N3O4S/c1-15-4-3-5-19(16(15)2)27(11-17-6-7-20-21(10-17)31-14-30-20)22(28)12-26-13-25-23-18(24(26)29)8-9-32-23/h6-10,13,15-16,19H,3-5,11-12,14H2,1-2H3/t15-,16-,19+/m1/s1. The molecular weight excluding hydrogens is 426 g/mol. The highest BCUT2D eigenvalue weighted by atomic mass is 32.1. The van der Waals surface area contributed by atoms with Gasteiger partial charge in [0, 0.05) is 12.6 Å². The van der Waals surface area contributed by atoms with Gasteiger partial charge in [-0.1, -0.05) is 32.8 Å². The van der Waals surface area contributed by atoms with Gasteiger partial charge in [-0.25, -0.2) is 4.98 Å². The van der Waals surface area contributed by atoms with E-state index in [1.54, 1.807) is 6.07 Å². The number of ether oxygens (including phenoxy) is 2. The van der Waals surface area contributed by atoms with Gasteiger partial charge in [-0.3, -0.25) is 14.2 Å². The van der Waals surface area contributed by atoms with Gasteiger partial charge in [0.25, 0.3) is 5.56 Å². The first-order valence-electron chi connectivity index (χ1n) is 11.1. The monoisotopic (exact) mass is 453 g/mol. The maximum Gasteiger partial charge on any atom is 0.262 e. The highest BCUT2D eigenvalue weighted by Gasteiger charge is 2.34. The highest BCUT2D eigenvalue weighted by Crippen LogP contribution is 2.36. The number of hydrogen-bond donors (Lipinski definition) is 0. The summed E-state index contributed by atoms with van der Waals surface area (Å²) in [4.78, 5) is 33.5. The van der Waals surface area contributed by atoms with Crippen molar-refractivity contribution in [3.63, 3.8) is 0 Å². The fourth-order valence-corrected chi connectivity index (χ4v) is 5.59. The van der Waals surface area contributed by atoms with Crippen LogP contribution in [0.4, 0.5) is 0 Å². The lowest BCUT2D eigenvalue weighted by atomic mass is 9.77. The molecule has 3 heterocycles. The number of benzene rings is 1. The van der Waals surface area contributed by atoms with Crippen LogP contribution in [0.5, 0.6) is 11.5 Å². The van der Waals surface area contributed by atoms with Crippen LogP contribution in [0.25, 0.3) is 10.2 Å². The fraction of sp³-hybridized carbons (Fsp3) is 0.458. The van der Waals surface area contributed by atoms with Gasteiger partial charge in [-0.2, -0.15) is 0 Å². The van der Waals surface area contributed by atoms with Crippen LogP contribution in [0.1, 0.15) is 38.7 Å². The minimum Gasteiger partial charge on any atom is -0.454 e. The Hall–Kier alpha value is -2.87. The minimum atomic E-state index is -0.169. The Morgan fingerprint density at radius 3 is 2.94 bits per heavy atom. The van der Waals surface area contributed by atoms with Crippen LogP contribution in [0.2, 0.25) is 0 Å². The molecule has 1 aliphatic carbocycles. The number of rotatable bonds is 5. The maximum absolute atomic E-state index is 13.6. The molecule has 5 rings (SSSR count). The van der Waals surface area contributed by atoms with Crippen molar-refractivity contribution in [2.45, 2.75) is 52.2 Å². The van der Waals surface area contributed by atoms with Gasteiger partial charge in [0.1, 0.15) is 11.4 Å². The molecule has 0 spiro atoms. The van der Waals surface area contributed by atoms with E-state index in [-0.39, 0.29) is 30.8 Å². The van der Waals surface area contributed by atoms with Crippen molar-refractivity contribution < 1.29 is 14.3 Å². The number of aromatic nitrogens is 2. The summed E-state index contributed by atoms with van der Waals surface area (Å²) in [5.41, 5.74) is 0.824. The summed E-state index contributed by atoms with van der Waals surface area (Å²) >= 11 is 1.43. The summed E-state index contributed by atoms with van der Waals surface area (Å²) in [6.07, 6.45) is 4.74. The molecule has 3 aromatic rings. The number of hydrogen-bond acceptors (Lipinski definition) is 6. The van der Waals surface area contributed by atoms with Gasteiger partial charge >= 0.3 is 0 Å². The van der Waals surface area contributed by atoms with Crippen LogP contribution >= 0.6 is 11.3 Å². The molecule has 0 unspecified atom stereocenters. The molecule has 0 radical (unpaired) electrons. The zero-order chi connectivity index (χ0) is 22.2. The molecule has 168 valence electrons. The molecule has 1 aliphatic heterocycles. The molecule has 3 atom stereocenters. The summed E-state index contributed by atoms with van der Waals surface area (Å²) in [7, 11) is 0. The predicted molar refractivity (Wildman–Crippen MR) is 123 cm³/mol. The van der Waals surface area contributed by atoms with E-state index in [1.165, 1.54) is 28.7 Å². The average Bonchev–Trinajstić information content (AvgIpc) is 3.45. The quantitative estimate of drug-likeness (QED) is 0.583. The van der Waals surface area contributed by atoms with Gasteiger partial charge in [0.15, 0.2) is 11.5 Å². The highest BCUT2D eigenvalue weighted by molar-refractivity contribution is 7.16. The van der Waals surface area contributed by atoms with E-state index in [1.807, 2.05) is 28.5 Å². The first-order chi connectivity index (χ1) is 15.5. The van der Waals surface area contributed by atoms with Crippen molar-refractivity contribution >= 4 is 27.5 Å². The van der Waals surface area contributed by atoms with E-state index in [9.17, 15) is 9.59 Å². The first kappa shape index (κ1) is 21.0. The molecule has 7 nitrogen and oxygen atoms in total. The van der Waals surface area contributed by atoms with Crippen molar-refractivity contribution in [2.24, 2.45) is 11.8 Å². The molecule has 1 amide bonds. The van der Waals surface area contributed by atoms with Crippen molar-refractivity contribution in [2.75, 3.05) is 6.79 Å². The summed E-state index contributed by atoms with van der Waals surface area (Å²) in [6.45, 7) is 5.18. The Bertz CT molecular complexity index is 1200. The SMILES string of the molecule is C[C@@H]1[C@H](C)CCC[C@@H]1N(Cc1ccc2c(c1)OCO2)C(=O)Cn1cnc2sccc2c1=O. The third-order valence-electron chi connectivity index (χ3n) is 6.93. The Balaban J connectivity index is 1.44. The van der Waals surface area contributed by atoms with E-state index >= 15 is 0 Å². The van der Waals surface area contributed by atoms with E-state index < -0.39 is 0 Å². The fourth-order valence-electron chi connectivity index (χ4n) is 4.86. The van der Waals surface area contributed by atoms with Gasteiger partial charge in [-0.15, -0.1) is 11.3 Å². The van der Waals surface area contributed by atoms with Crippen LogP contribution in [0.3, 0.4) is 0 Å². The second-order valence-corrected chi connectivity index (χ2v) is 9.76. The molecule has 1 fully saturated rings. The Morgan fingerprint density at radius 1 is 1.22 bits per heavy atom. The largest absolute Gasteiger partial charge is 0.454 e. The molecule has 1 saturated carbocycles. The van der Waals surface area contributed by atoms with Crippen LogP contribution in [0.15, 0.2) is 40.8 Å². The van der Waals surface area contributed by atoms with Gasteiger partial charge in [0.2, 0.25) is 12.7 Å². The zero-order valence-electron chi connectivity index (χ0n) is 18.3. The van der Waals surface area contributed by atoms with Crippen LogP contribution < -0.4 is 15.0 Å². The van der Waals surface area contributed by atoms with Crippen molar-refractivity contribution in [3.8, 4) is 11.5 Å². The number of thiophene rings is 1. The summed E-state index contributed by atoms with van der Waals surface area (Å²) in [5.74, 6) is 2.31. The second-order valence-electron chi connectivity index (χ2n) is 8.86. The topological polar surface area (TPSA) is 73.7 Å². The van der Waals surface area contributed by atoms with E-state index in [0.717, 1.165) is 24.2 Å². The third kappa shape index (κ3) is 3.88. The average molecular weight is 454 g/mol. The Kier molecular flexibility index (Phi) is 5.63. The van der Waals surface area contributed by atoms with E-state index in [4.69, 9.17) is 9.47 Å². The van der Waals surface area contributed by atoms with Crippen LogP contribution in [-0.4, -0.2) is 33.2 Å². The lowest BCUT2D eigenvalue weighted by molar-refractivity contribution is -0.137. The lowest BCUT2D eigenvalue weighted by Gasteiger charge is -2.42. The Morgan fingerprint density at radius 2 is 2.06 bits per heavy atom. The molecule has 32 heavy (non-hydrogen) atoms. The number of carbonyl (C=O) groups is 1. The van der Waals surface area contributed by atoms with E-state index in [2.05, 4.69) is 18.8 Å². The number of carbonyl (C=O) groups excluding carboxylic acids is 1. The van der Waals surface area contributed by atoms with Gasteiger partial charge in [0.05, 0.1) is 11.7 Å². The van der Waals surface area contributed by atoms with Crippen molar-refractivity contribution in [1.29, 1.82) is 0 Å². The third-order valence-corrected chi connectivity index (χ3v) is 7.75. The maximum atomic E-state index is 13.6. The predicted octanol–water partition coefficient (Wildman–Crippen LogP) is 4.04. The van der Waals surface area contributed by atoms with Crippen molar-refractivity contribution in [1.82, 2.24) is 14.5 Å². The smallest absolute Gasteiger partial charge is 0.262 e. The minimum absolute atomic E-state index is 0.0141. The van der Waals surface area contributed by atoms with Gasteiger partial charge in [-0.05, 0) is 47.4 Å².